The van der Waals surface area contributed by atoms with Gasteiger partial charge in [0, 0.05) is 10.7 Å². The van der Waals surface area contributed by atoms with Crippen molar-refractivity contribution in [2.24, 2.45) is 0 Å². The van der Waals surface area contributed by atoms with E-state index in [0.29, 0.717) is 11.3 Å². The molecule has 0 heterocycles. The molecule has 0 spiro atoms. The Morgan fingerprint density at radius 3 is 2.54 bits per heavy atom. The Balaban J connectivity index is 1.97. The first-order chi connectivity index (χ1) is 11.6. The number of para-hydroxylation sites is 1. The predicted octanol–water partition coefficient (Wildman–Crippen LogP) is 4.42. The molecule has 2 aromatic carbocycles. The van der Waals surface area contributed by atoms with E-state index in [0.717, 1.165) is 10.0 Å². The van der Waals surface area contributed by atoms with Gasteiger partial charge in [-0.2, -0.15) is 0 Å². The molecule has 0 aliphatic heterocycles. The highest BCUT2D eigenvalue weighted by Crippen LogP contribution is 2.16. The molecule has 0 fully saturated rings. The SMILES string of the molecule is CCOC(=O)c1ccccc1NC(=O)N/C=C/c1ccc(Br)cc1. The molecule has 0 atom stereocenters. The summed E-state index contributed by atoms with van der Waals surface area (Å²) in [6.07, 6.45) is 3.30. The van der Waals surface area contributed by atoms with Gasteiger partial charge in [0.05, 0.1) is 17.9 Å². The van der Waals surface area contributed by atoms with Crippen molar-refractivity contribution < 1.29 is 14.3 Å². The van der Waals surface area contributed by atoms with Gasteiger partial charge in [-0.1, -0.05) is 40.2 Å². The second-order valence-electron chi connectivity index (χ2n) is 4.75. The number of hydrogen-bond acceptors (Lipinski definition) is 3. The van der Waals surface area contributed by atoms with E-state index in [4.69, 9.17) is 4.74 Å². The fraction of sp³-hybridized carbons (Fsp3) is 0.111. The van der Waals surface area contributed by atoms with Crippen molar-refractivity contribution in [1.29, 1.82) is 0 Å². The van der Waals surface area contributed by atoms with Crippen molar-refractivity contribution >= 4 is 39.7 Å². The lowest BCUT2D eigenvalue weighted by atomic mass is 10.2. The van der Waals surface area contributed by atoms with Crippen LogP contribution in [0.2, 0.25) is 0 Å². The average Bonchev–Trinajstić information content (AvgIpc) is 2.57. The smallest absolute Gasteiger partial charge is 0.340 e. The molecule has 6 heteroatoms. The van der Waals surface area contributed by atoms with Crippen molar-refractivity contribution in [2.75, 3.05) is 11.9 Å². The summed E-state index contributed by atoms with van der Waals surface area (Å²) in [5, 5.41) is 5.23. The van der Waals surface area contributed by atoms with E-state index < -0.39 is 12.0 Å². The van der Waals surface area contributed by atoms with Crippen molar-refractivity contribution in [3.63, 3.8) is 0 Å². The lowest BCUT2D eigenvalue weighted by Crippen LogP contribution is -2.25. The summed E-state index contributed by atoms with van der Waals surface area (Å²) >= 11 is 3.36. The zero-order valence-corrected chi connectivity index (χ0v) is 14.7. The summed E-state index contributed by atoms with van der Waals surface area (Å²) in [7, 11) is 0. The number of anilines is 1. The van der Waals surface area contributed by atoms with Gasteiger partial charge < -0.3 is 15.4 Å². The van der Waals surface area contributed by atoms with Gasteiger partial charge in [-0.25, -0.2) is 9.59 Å². The molecule has 0 aliphatic rings. The highest BCUT2D eigenvalue weighted by Gasteiger charge is 2.13. The van der Waals surface area contributed by atoms with Crippen LogP contribution < -0.4 is 10.6 Å². The number of esters is 1. The number of hydrogen-bond donors (Lipinski definition) is 2. The van der Waals surface area contributed by atoms with Crippen molar-refractivity contribution in [1.82, 2.24) is 5.32 Å². The van der Waals surface area contributed by atoms with Gasteiger partial charge in [0.25, 0.3) is 0 Å². The molecule has 2 aromatic rings. The number of benzene rings is 2. The monoisotopic (exact) mass is 388 g/mol. The highest BCUT2D eigenvalue weighted by atomic mass is 79.9. The van der Waals surface area contributed by atoms with Gasteiger partial charge in [0.1, 0.15) is 0 Å². The van der Waals surface area contributed by atoms with E-state index in [1.165, 1.54) is 6.20 Å². The molecule has 2 amide bonds. The van der Waals surface area contributed by atoms with Gasteiger partial charge in [0.2, 0.25) is 0 Å². The van der Waals surface area contributed by atoms with Crippen LogP contribution >= 0.6 is 15.9 Å². The quantitative estimate of drug-likeness (QED) is 0.744. The molecule has 0 unspecified atom stereocenters. The van der Waals surface area contributed by atoms with Crippen molar-refractivity contribution in [2.45, 2.75) is 6.92 Å². The fourth-order valence-corrected chi connectivity index (χ4v) is 2.19. The minimum Gasteiger partial charge on any atom is -0.462 e. The molecule has 5 nitrogen and oxygen atoms in total. The molecule has 0 saturated carbocycles. The Morgan fingerprint density at radius 1 is 1.12 bits per heavy atom. The number of ether oxygens (including phenoxy) is 1. The van der Waals surface area contributed by atoms with Crippen LogP contribution in [-0.4, -0.2) is 18.6 Å². The van der Waals surface area contributed by atoms with Crippen LogP contribution in [-0.2, 0) is 4.74 Å². The Labute approximate surface area is 148 Å². The highest BCUT2D eigenvalue weighted by molar-refractivity contribution is 9.10. The standard InChI is InChI=1S/C18H17BrN2O3/c1-2-24-17(22)15-5-3-4-6-16(15)21-18(23)20-12-11-13-7-9-14(19)10-8-13/h3-12H,2H2,1H3,(H2,20,21,23)/b12-11+. The van der Waals surface area contributed by atoms with Crippen LogP contribution in [0.15, 0.2) is 59.2 Å². The lowest BCUT2D eigenvalue weighted by molar-refractivity contribution is 0.0527. The Kier molecular flexibility index (Phi) is 6.57. The first-order valence-electron chi connectivity index (χ1n) is 7.36. The van der Waals surface area contributed by atoms with Gasteiger partial charge >= 0.3 is 12.0 Å². The first-order valence-corrected chi connectivity index (χ1v) is 8.15. The van der Waals surface area contributed by atoms with Gasteiger partial charge in [-0.05, 0) is 42.8 Å². The number of nitrogens with one attached hydrogen (secondary N) is 2. The van der Waals surface area contributed by atoms with Crippen molar-refractivity contribution in [3.8, 4) is 0 Å². The molecule has 124 valence electrons. The van der Waals surface area contributed by atoms with Crippen LogP contribution in [0.1, 0.15) is 22.8 Å². The lowest BCUT2D eigenvalue weighted by Gasteiger charge is -2.09. The first kappa shape index (κ1) is 17.7. The minimum absolute atomic E-state index is 0.273. The Hall–Kier alpha value is -2.60. The molecule has 0 aliphatic carbocycles. The summed E-state index contributed by atoms with van der Waals surface area (Å²) in [6.45, 7) is 2.00. The zero-order valence-electron chi connectivity index (χ0n) is 13.1. The van der Waals surface area contributed by atoms with Gasteiger partial charge in [-0.15, -0.1) is 0 Å². The minimum atomic E-state index is -0.473. The maximum atomic E-state index is 12.0. The van der Waals surface area contributed by atoms with E-state index in [-0.39, 0.29) is 6.61 Å². The normalized spacial score (nSPS) is 10.4. The maximum absolute atomic E-state index is 12.0. The Morgan fingerprint density at radius 2 is 1.83 bits per heavy atom. The van der Waals surface area contributed by atoms with E-state index >= 15 is 0 Å². The van der Waals surface area contributed by atoms with Crippen LogP contribution in [0, 0.1) is 0 Å². The summed E-state index contributed by atoms with van der Waals surface area (Å²) in [6, 6.07) is 13.9. The second-order valence-corrected chi connectivity index (χ2v) is 5.67. The van der Waals surface area contributed by atoms with Crippen LogP contribution in [0.3, 0.4) is 0 Å². The number of urea groups is 1. The van der Waals surface area contributed by atoms with Crippen LogP contribution in [0.25, 0.3) is 6.08 Å². The maximum Gasteiger partial charge on any atom is 0.340 e. The molecule has 2 N–H and O–H groups in total. The van der Waals surface area contributed by atoms with Crippen molar-refractivity contribution in [3.05, 3.63) is 70.3 Å². The number of halogens is 1. The van der Waals surface area contributed by atoms with Gasteiger partial charge in [0.15, 0.2) is 0 Å². The summed E-state index contributed by atoms with van der Waals surface area (Å²) in [5.74, 6) is -0.473. The summed E-state index contributed by atoms with van der Waals surface area (Å²) < 4.78 is 5.96. The van der Waals surface area contributed by atoms with E-state index in [9.17, 15) is 9.59 Å². The van der Waals surface area contributed by atoms with Crippen LogP contribution in [0.4, 0.5) is 10.5 Å². The molecular formula is C18H17BrN2O3. The van der Waals surface area contributed by atoms with E-state index in [2.05, 4.69) is 26.6 Å². The van der Waals surface area contributed by atoms with Gasteiger partial charge in [-0.3, -0.25) is 0 Å². The predicted molar refractivity (Wildman–Crippen MR) is 97.7 cm³/mol. The van der Waals surface area contributed by atoms with Crippen LogP contribution in [0.5, 0.6) is 0 Å². The summed E-state index contributed by atoms with van der Waals surface area (Å²) in [5.41, 5.74) is 1.65. The number of carbonyl (C=O) groups excluding carboxylic acids is 2. The number of rotatable bonds is 5. The molecule has 0 radical (unpaired) electrons. The Bertz CT molecular complexity index is 742. The average molecular weight is 389 g/mol. The second kappa shape index (κ2) is 8.88. The zero-order chi connectivity index (χ0) is 17.4. The molecular weight excluding hydrogens is 372 g/mol. The summed E-state index contributed by atoms with van der Waals surface area (Å²) in [4.78, 5) is 23.8. The molecule has 0 saturated heterocycles. The third kappa shape index (κ3) is 5.24. The largest absolute Gasteiger partial charge is 0.462 e. The molecule has 2 rings (SSSR count). The third-order valence-corrected chi connectivity index (χ3v) is 3.56. The van der Waals surface area contributed by atoms with E-state index in [1.54, 1.807) is 37.3 Å². The molecule has 0 aromatic heterocycles. The number of carbonyl (C=O) groups is 2. The topological polar surface area (TPSA) is 67.4 Å². The fourth-order valence-electron chi connectivity index (χ4n) is 1.92. The molecule has 0 bridgehead atoms. The van der Waals surface area contributed by atoms with E-state index in [1.807, 2.05) is 24.3 Å². The third-order valence-electron chi connectivity index (χ3n) is 3.03. The molecule has 24 heavy (non-hydrogen) atoms. The number of amides is 2.